The van der Waals surface area contributed by atoms with Crippen LogP contribution in [0.4, 0.5) is 0 Å². The van der Waals surface area contributed by atoms with Crippen molar-refractivity contribution in [2.24, 2.45) is 0 Å². The average Bonchev–Trinajstić information content (AvgIpc) is 2.96. The highest BCUT2D eigenvalue weighted by Crippen LogP contribution is 2.31. The molecular weight excluding hydrogens is 256 g/mol. The Hall–Kier alpha value is -0.650. The second-order valence-electron chi connectivity index (χ2n) is 6.14. The Bertz CT molecular complexity index is 326. The van der Waals surface area contributed by atoms with Gasteiger partial charge < -0.3 is 19.3 Å². The van der Waals surface area contributed by atoms with Crippen molar-refractivity contribution in [3.05, 3.63) is 0 Å². The summed E-state index contributed by atoms with van der Waals surface area (Å²) in [6.07, 6.45) is 6.15. The van der Waals surface area contributed by atoms with Crippen LogP contribution in [-0.4, -0.2) is 67.4 Å². The maximum Gasteiger partial charge on any atom is 0.223 e. The summed E-state index contributed by atoms with van der Waals surface area (Å²) in [5.41, 5.74) is 0. The normalized spacial score (nSPS) is 27.1. The van der Waals surface area contributed by atoms with Gasteiger partial charge in [0.05, 0.1) is 13.2 Å². The Morgan fingerprint density at radius 1 is 0.950 bits per heavy atom. The third kappa shape index (κ3) is 3.32. The predicted molar refractivity (Wildman–Crippen MR) is 75.4 cm³/mol. The van der Waals surface area contributed by atoms with Crippen molar-refractivity contribution >= 4 is 5.91 Å². The topological polar surface area (TPSA) is 42.0 Å². The summed E-state index contributed by atoms with van der Waals surface area (Å²) >= 11 is 0. The Morgan fingerprint density at radius 2 is 1.60 bits per heavy atom. The summed E-state index contributed by atoms with van der Waals surface area (Å²) in [5.74, 6) is 0.0336. The summed E-state index contributed by atoms with van der Waals surface area (Å²) in [6.45, 7) is 6.22. The minimum atomic E-state index is -0.298. The van der Waals surface area contributed by atoms with Crippen molar-refractivity contribution in [3.8, 4) is 0 Å². The third-order valence-corrected chi connectivity index (χ3v) is 4.78. The zero-order chi connectivity index (χ0) is 13.8. The zero-order valence-corrected chi connectivity index (χ0v) is 12.3. The monoisotopic (exact) mass is 282 g/mol. The first-order valence-corrected chi connectivity index (χ1v) is 8.06. The number of nitrogens with zero attached hydrogens (tertiary/aromatic N) is 2. The van der Waals surface area contributed by atoms with E-state index in [0.29, 0.717) is 12.3 Å². The lowest BCUT2D eigenvalue weighted by Gasteiger charge is -2.37. The lowest BCUT2D eigenvalue weighted by atomic mass is 10.0. The van der Waals surface area contributed by atoms with E-state index in [4.69, 9.17) is 9.47 Å². The molecule has 3 aliphatic rings. The molecule has 0 aromatic rings. The number of piperidine rings is 2. The molecule has 3 fully saturated rings. The standard InChI is InChI=1S/C15H26N2O3/c18-14(17-7-2-1-3-8-17)4-9-16-10-5-15(6-11-16)19-12-13-20-15/h1-13H2. The van der Waals surface area contributed by atoms with Crippen LogP contribution in [0.5, 0.6) is 0 Å². The van der Waals surface area contributed by atoms with Gasteiger partial charge in [-0.05, 0) is 19.3 Å². The minimum absolute atomic E-state index is 0.298. The molecule has 114 valence electrons. The van der Waals surface area contributed by atoms with Gasteiger partial charge in [-0.3, -0.25) is 4.79 Å². The van der Waals surface area contributed by atoms with Crippen molar-refractivity contribution in [2.75, 3.05) is 45.9 Å². The molecule has 1 spiro atoms. The molecule has 0 aromatic heterocycles. The quantitative estimate of drug-likeness (QED) is 0.781. The van der Waals surface area contributed by atoms with Crippen LogP contribution in [-0.2, 0) is 14.3 Å². The van der Waals surface area contributed by atoms with Gasteiger partial charge in [0.2, 0.25) is 5.91 Å². The number of carbonyl (C=O) groups is 1. The van der Waals surface area contributed by atoms with E-state index in [1.165, 1.54) is 19.3 Å². The first-order valence-electron chi connectivity index (χ1n) is 8.06. The Balaban J connectivity index is 1.38. The van der Waals surface area contributed by atoms with E-state index in [1.54, 1.807) is 0 Å². The molecule has 3 saturated heterocycles. The maximum absolute atomic E-state index is 12.1. The van der Waals surface area contributed by atoms with E-state index in [9.17, 15) is 4.79 Å². The van der Waals surface area contributed by atoms with E-state index < -0.39 is 0 Å². The predicted octanol–water partition coefficient (Wildman–Crippen LogP) is 1.23. The molecule has 0 atom stereocenters. The highest BCUT2D eigenvalue weighted by molar-refractivity contribution is 5.76. The fraction of sp³-hybridized carbons (Fsp3) is 0.933. The SMILES string of the molecule is O=C(CCN1CCC2(CC1)OCCO2)N1CCCCC1. The van der Waals surface area contributed by atoms with E-state index in [0.717, 1.165) is 58.8 Å². The number of rotatable bonds is 3. The van der Waals surface area contributed by atoms with E-state index in [-0.39, 0.29) is 5.79 Å². The molecule has 0 bridgehead atoms. The molecular formula is C15H26N2O3. The van der Waals surface area contributed by atoms with Crippen LogP contribution in [0.15, 0.2) is 0 Å². The fourth-order valence-electron chi connectivity index (χ4n) is 3.46. The first kappa shape index (κ1) is 14.3. The summed E-state index contributed by atoms with van der Waals surface area (Å²) in [6, 6.07) is 0. The minimum Gasteiger partial charge on any atom is -0.347 e. The summed E-state index contributed by atoms with van der Waals surface area (Å²) in [4.78, 5) is 16.6. The van der Waals surface area contributed by atoms with Gasteiger partial charge in [0.25, 0.3) is 0 Å². The number of likely N-dealkylation sites (tertiary alicyclic amines) is 2. The molecule has 3 heterocycles. The largest absolute Gasteiger partial charge is 0.347 e. The van der Waals surface area contributed by atoms with E-state index in [2.05, 4.69) is 4.90 Å². The Kier molecular flexibility index (Phi) is 4.58. The molecule has 0 saturated carbocycles. The smallest absolute Gasteiger partial charge is 0.223 e. The molecule has 0 unspecified atom stereocenters. The number of hydrogen-bond donors (Lipinski definition) is 0. The van der Waals surface area contributed by atoms with Gasteiger partial charge in [-0.15, -0.1) is 0 Å². The van der Waals surface area contributed by atoms with Crippen molar-refractivity contribution in [1.29, 1.82) is 0 Å². The lowest BCUT2D eigenvalue weighted by molar-refractivity contribution is -0.185. The van der Waals surface area contributed by atoms with Crippen LogP contribution < -0.4 is 0 Å². The van der Waals surface area contributed by atoms with Gasteiger partial charge in [-0.25, -0.2) is 0 Å². The van der Waals surface area contributed by atoms with Gasteiger partial charge in [0, 0.05) is 52.0 Å². The van der Waals surface area contributed by atoms with Crippen molar-refractivity contribution < 1.29 is 14.3 Å². The molecule has 20 heavy (non-hydrogen) atoms. The van der Waals surface area contributed by atoms with Crippen LogP contribution in [0.1, 0.15) is 38.5 Å². The third-order valence-electron chi connectivity index (χ3n) is 4.78. The van der Waals surface area contributed by atoms with Crippen LogP contribution in [0.25, 0.3) is 0 Å². The van der Waals surface area contributed by atoms with Crippen molar-refractivity contribution in [2.45, 2.75) is 44.3 Å². The zero-order valence-electron chi connectivity index (χ0n) is 12.3. The molecule has 5 nitrogen and oxygen atoms in total. The Morgan fingerprint density at radius 3 is 2.25 bits per heavy atom. The molecule has 3 rings (SSSR count). The van der Waals surface area contributed by atoms with Crippen LogP contribution >= 0.6 is 0 Å². The number of hydrogen-bond acceptors (Lipinski definition) is 4. The first-order chi connectivity index (χ1) is 9.77. The fourth-order valence-corrected chi connectivity index (χ4v) is 3.46. The highest BCUT2D eigenvalue weighted by atomic mass is 16.7. The number of carbonyl (C=O) groups excluding carboxylic acids is 1. The summed E-state index contributed by atoms with van der Waals surface area (Å²) in [5, 5.41) is 0. The average molecular weight is 282 g/mol. The van der Waals surface area contributed by atoms with E-state index in [1.807, 2.05) is 4.90 Å². The lowest BCUT2D eigenvalue weighted by Crippen LogP contribution is -2.46. The molecule has 1 amide bonds. The Labute approximate surface area is 121 Å². The maximum atomic E-state index is 12.1. The summed E-state index contributed by atoms with van der Waals surface area (Å²) < 4.78 is 11.5. The molecule has 0 radical (unpaired) electrons. The van der Waals surface area contributed by atoms with Gasteiger partial charge >= 0.3 is 0 Å². The number of ether oxygens (including phenoxy) is 2. The van der Waals surface area contributed by atoms with Crippen LogP contribution in [0.3, 0.4) is 0 Å². The number of amides is 1. The highest BCUT2D eigenvalue weighted by Gasteiger charge is 2.39. The molecule has 3 aliphatic heterocycles. The van der Waals surface area contributed by atoms with Crippen LogP contribution in [0, 0.1) is 0 Å². The van der Waals surface area contributed by atoms with Gasteiger partial charge in [-0.2, -0.15) is 0 Å². The van der Waals surface area contributed by atoms with Gasteiger partial charge in [0.1, 0.15) is 0 Å². The van der Waals surface area contributed by atoms with Crippen molar-refractivity contribution in [3.63, 3.8) is 0 Å². The molecule has 0 N–H and O–H groups in total. The molecule has 0 aliphatic carbocycles. The van der Waals surface area contributed by atoms with Crippen molar-refractivity contribution in [1.82, 2.24) is 9.80 Å². The molecule has 5 heteroatoms. The van der Waals surface area contributed by atoms with Gasteiger partial charge in [0.15, 0.2) is 5.79 Å². The second kappa shape index (κ2) is 6.41. The second-order valence-corrected chi connectivity index (χ2v) is 6.14. The molecule has 0 aromatic carbocycles. The van der Waals surface area contributed by atoms with E-state index >= 15 is 0 Å². The van der Waals surface area contributed by atoms with Gasteiger partial charge in [-0.1, -0.05) is 0 Å². The summed E-state index contributed by atoms with van der Waals surface area (Å²) in [7, 11) is 0. The van der Waals surface area contributed by atoms with Crippen LogP contribution in [0.2, 0.25) is 0 Å².